The van der Waals surface area contributed by atoms with E-state index in [-0.39, 0.29) is 4.88 Å². The van der Waals surface area contributed by atoms with Crippen molar-refractivity contribution in [2.45, 2.75) is 25.1 Å². The third-order valence-electron chi connectivity index (χ3n) is 1.95. The van der Waals surface area contributed by atoms with E-state index in [2.05, 4.69) is 15.9 Å². The minimum absolute atomic E-state index is 0.202. The number of rotatable bonds is 2. The fourth-order valence-corrected chi connectivity index (χ4v) is 2.59. The van der Waals surface area contributed by atoms with Crippen LogP contribution in [0.1, 0.15) is 15.8 Å². The minimum Gasteiger partial charge on any atom is -0.318 e. The molecular weight excluding hydrogens is 317 g/mol. The summed E-state index contributed by atoms with van der Waals surface area (Å²) in [6.07, 6.45) is -5.64. The van der Waals surface area contributed by atoms with Crippen LogP contribution in [0.25, 0.3) is 0 Å². The SMILES string of the molecule is Cc1sc(C(N)C(F)(F)C(F)(F)F)cc1Br. The molecule has 1 heterocycles. The van der Waals surface area contributed by atoms with Crippen LogP contribution in [0.5, 0.6) is 0 Å². The number of halogens is 6. The Morgan fingerprint density at radius 3 is 2.12 bits per heavy atom. The molecule has 1 atom stereocenters. The molecular formula is C8H7BrF5NS. The van der Waals surface area contributed by atoms with Gasteiger partial charge in [0.15, 0.2) is 0 Å². The molecule has 0 saturated heterocycles. The molecule has 1 nitrogen and oxygen atoms in total. The number of hydrogen-bond acceptors (Lipinski definition) is 2. The monoisotopic (exact) mass is 323 g/mol. The zero-order chi connectivity index (χ0) is 12.7. The third kappa shape index (κ3) is 2.38. The van der Waals surface area contributed by atoms with Crippen molar-refractivity contribution in [1.29, 1.82) is 0 Å². The van der Waals surface area contributed by atoms with Crippen molar-refractivity contribution in [2.75, 3.05) is 0 Å². The first-order valence-corrected chi connectivity index (χ1v) is 5.64. The Labute approximate surface area is 101 Å². The predicted molar refractivity (Wildman–Crippen MR) is 54.7 cm³/mol. The van der Waals surface area contributed by atoms with Crippen molar-refractivity contribution < 1.29 is 22.0 Å². The van der Waals surface area contributed by atoms with Crippen LogP contribution >= 0.6 is 27.3 Å². The molecule has 1 aromatic rings. The number of nitrogens with two attached hydrogens (primary N) is 1. The van der Waals surface area contributed by atoms with E-state index in [1.165, 1.54) is 6.07 Å². The van der Waals surface area contributed by atoms with Crippen molar-refractivity contribution in [3.8, 4) is 0 Å². The van der Waals surface area contributed by atoms with Gasteiger partial charge in [0.1, 0.15) is 6.04 Å². The van der Waals surface area contributed by atoms with Crippen LogP contribution in [0.15, 0.2) is 10.5 Å². The van der Waals surface area contributed by atoms with Gasteiger partial charge in [-0.25, -0.2) is 0 Å². The number of hydrogen-bond donors (Lipinski definition) is 1. The molecule has 0 amide bonds. The van der Waals surface area contributed by atoms with E-state index in [1.54, 1.807) is 6.92 Å². The molecule has 0 saturated carbocycles. The minimum atomic E-state index is -5.64. The fourth-order valence-electron chi connectivity index (χ4n) is 0.990. The Kier molecular flexibility index (Phi) is 3.66. The van der Waals surface area contributed by atoms with Gasteiger partial charge in [0.2, 0.25) is 0 Å². The summed E-state index contributed by atoms with van der Waals surface area (Å²) in [5, 5.41) is 0. The maximum absolute atomic E-state index is 12.9. The maximum atomic E-state index is 12.9. The lowest BCUT2D eigenvalue weighted by Crippen LogP contribution is -2.45. The molecule has 0 aliphatic rings. The Hall–Kier alpha value is -0.210. The van der Waals surface area contributed by atoms with Crippen molar-refractivity contribution in [3.05, 3.63) is 20.3 Å². The van der Waals surface area contributed by atoms with Crippen molar-refractivity contribution in [1.82, 2.24) is 0 Å². The van der Waals surface area contributed by atoms with E-state index in [1.807, 2.05) is 0 Å². The van der Waals surface area contributed by atoms with Gasteiger partial charge in [-0.1, -0.05) is 0 Å². The quantitative estimate of drug-likeness (QED) is 0.817. The average molecular weight is 324 g/mol. The van der Waals surface area contributed by atoms with Crippen LogP contribution in [-0.2, 0) is 0 Å². The standard InChI is InChI=1S/C8H7BrF5NS/c1-3-4(9)2-5(16-3)6(15)7(10,11)8(12,13)14/h2,6H,15H2,1H3. The summed E-state index contributed by atoms with van der Waals surface area (Å²) in [4.78, 5) is 0.398. The smallest absolute Gasteiger partial charge is 0.318 e. The van der Waals surface area contributed by atoms with Crippen LogP contribution in [0.4, 0.5) is 22.0 Å². The number of alkyl halides is 5. The van der Waals surface area contributed by atoms with Crippen LogP contribution in [-0.4, -0.2) is 12.1 Å². The second kappa shape index (κ2) is 4.23. The summed E-state index contributed by atoms with van der Waals surface area (Å²) in [6, 6.07) is -1.19. The Bertz CT molecular complexity index is 367. The summed E-state index contributed by atoms with van der Waals surface area (Å²) in [5.41, 5.74) is 4.96. The summed E-state index contributed by atoms with van der Waals surface area (Å²) >= 11 is 3.84. The van der Waals surface area contributed by atoms with Gasteiger partial charge in [-0.15, -0.1) is 11.3 Å². The molecule has 0 aromatic carbocycles. The van der Waals surface area contributed by atoms with E-state index in [9.17, 15) is 22.0 Å². The Balaban J connectivity index is 3.07. The first-order valence-electron chi connectivity index (χ1n) is 4.03. The molecule has 16 heavy (non-hydrogen) atoms. The van der Waals surface area contributed by atoms with Crippen LogP contribution in [0.2, 0.25) is 0 Å². The van der Waals surface area contributed by atoms with E-state index in [0.717, 1.165) is 11.3 Å². The topological polar surface area (TPSA) is 26.0 Å². The summed E-state index contributed by atoms with van der Waals surface area (Å²) in [6.45, 7) is 1.59. The summed E-state index contributed by atoms with van der Waals surface area (Å²) < 4.78 is 62.4. The molecule has 8 heteroatoms. The van der Waals surface area contributed by atoms with Crippen LogP contribution < -0.4 is 5.73 Å². The Morgan fingerprint density at radius 1 is 1.31 bits per heavy atom. The van der Waals surface area contributed by atoms with E-state index >= 15 is 0 Å². The van der Waals surface area contributed by atoms with Gasteiger partial charge in [-0.2, -0.15) is 22.0 Å². The molecule has 1 unspecified atom stereocenters. The van der Waals surface area contributed by atoms with Crippen LogP contribution in [0, 0.1) is 6.92 Å². The second-order valence-corrected chi connectivity index (χ2v) is 5.29. The fraction of sp³-hybridized carbons (Fsp3) is 0.500. The second-order valence-electron chi connectivity index (χ2n) is 3.15. The molecule has 2 N–H and O–H groups in total. The highest BCUT2D eigenvalue weighted by Crippen LogP contribution is 2.45. The molecule has 1 rings (SSSR count). The van der Waals surface area contributed by atoms with Gasteiger partial charge in [0.05, 0.1) is 0 Å². The zero-order valence-electron chi connectivity index (χ0n) is 7.91. The van der Waals surface area contributed by atoms with E-state index in [0.29, 0.717) is 9.35 Å². The van der Waals surface area contributed by atoms with Crippen molar-refractivity contribution in [2.24, 2.45) is 5.73 Å². The highest BCUT2D eigenvalue weighted by Gasteiger charge is 2.62. The maximum Gasteiger partial charge on any atom is 0.455 e. The lowest BCUT2D eigenvalue weighted by molar-refractivity contribution is -0.290. The van der Waals surface area contributed by atoms with Gasteiger partial charge in [-0.05, 0) is 28.9 Å². The van der Waals surface area contributed by atoms with Gasteiger partial charge in [-0.3, -0.25) is 0 Å². The van der Waals surface area contributed by atoms with Crippen LogP contribution in [0.3, 0.4) is 0 Å². The largest absolute Gasteiger partial charge is 0.455 e. The van der Waals surface area contributed by atoms with E-state index in [4.69, 9.17) is 5.73 Å². The van der Waals surface area contributed by atoms with Crippen molar-refractivity contribution in [3.63, 3.8) is 0 Å². The van der Waals surface area contributed by atoms with Gasteiger partial charge in [0, 0.05) is 14.2 Å². The number of aryl methyl sites for hydroxylation is 1. The molecule has 0 fully saturated rings. The van der Waals surface area contributed by atoms with Gasteiger partial charge in [0.25, 0.3) is 0 Å². The highest BCUT2D eigenvalue weighted by atomic mass is 79.9. The molecule has 0 bridgehead atoms. The molecule has 0 aliphatic heterocycles. The molecule has 92 valence electrons. The van der Waals surface area contributed by atoms with Gasteiger partial charge >= 0.3 is 12.1 Å². The molecule has 0 spiro atoms. The first-order chi connectivity index (χ1) is 7.07. The van der Waals surface area contributed by atoms with E-state index < -0.39 is 18.1 Å². The number of thiophene rings is 1. The molecule has 0 aliphatic carbocycles. The molecule has 1 aromatic heterocycles. The summed E-state index contributed by atoms with van der Waals surface area (Å²) in [7, 11) is 0. The normalized spacial score (nSPS) is 15.2. The summed E-state index contributed by atoms with van der Waals surface area (Å²) in [5.74, 6) is -4.93. The first kappa shape index (κ1) is 13.9. The average Bonchev–Trinajstić information content (AvgIpc) is 2.43. The predicted octanol–water partition coefficient (Wildman–Crippen LogP) is 4.02. The highest BCUT2D eigenvalue weighted by molar-refractivity contribution is 9.10. The zero-order valence-corrected chi connectivity index (χ0v) is 10.3. The third-order valence-corrected chi connectivity index (χ3v) is 4.17. The lowest BCUT2D eigenvalue weighted by Gasteiger charge is -2.24. The van der Waals surface area contributed by atoms with Gasteiger partial charge < -0.3 is 5.73 Å². The lowest BCUT2D eigenvalue weighted by atomic mass is 10.1. The molecule has 0 radical (unpaired) electrons. The van der Waals surface area contributed by atoms with Crippen molar-refractivity contribution >= 4 is 27.3 Å². The Morgan fingerprint density at radius 2 is 1.81 bits per heavy atom.